The predicted octanol–water partition coefficient (Wildman–Crippen LogP) is 3.33. The molecule has 0 atom stereocenters. The third-order valence-electron chi connectivity index (χ3n) is 2.61. The molecule has 2 aromatic heterocycles. The van der Waals surface area contributed by atoms with Gasteiger partial charge in [-0.05, 0) is 25.1 Å². The van der Waals surface area contributed by atoms with Gasteiger partial charge in [-0.1, -0.05) is 16.8 Å². The normalized spacial score (nSPS) is 10.9. The van der Waals surface area contributed by atoms with Crippen molar-refractivity contribution in [2.24, 2.45) is 0 Å². The second-order valence-corrected chi connectivity index (χ2v) is 5.73. The van der Waals surface area contributed by atoms with Crippen LogP contribution in [0.1, 0.15) is 16.5 Å². The van der Waals surface area contributed by atoms with Crippen molar-refractivity contribution < 1.29 is 4.52 Å². The Morgan fingerprint density at radius 3 is 2.85 bits per heavy atom. The van der Waals surface area contributed by atoms with Crippen LogP contribution in [0.2, 0.25) is 5.02 Å². The maximum Gasteiger partial charge on any atom is 0.258 e. The number of nitrogens with zero attached hydrogens (tertiary/aromatic N) is 3. The van der Waals surface area contributed by atoms with E-state index in [2.05, 4.69) is 15.1 Å². The Kier molecular flexibility index (Phi) is 3.42. The van der Waals surface area contributed by atoms with Crippen LogP contribution in [0.15, 0.2) is 28.1 Å². The van der Waals surface area contributed by atoms with Crippen LogP contribution in [0.5, 0.6) is 0 Å². The standard InChI is InChI=1S/C13H11ClN4OS/c1-7-6-20-12(16-7)5-11-17-13(19-18-11)8-2-9(14)4-10(15)3-8/h2-4,6H,5,15H2,1H3. The number of hydrogen-bond donors (Lipinski definition) is 1. The third-order valence-corrected chi connectivity index (χ3v) is 3.80. The van der Waals surface area contributed by atoms with Gasteiger partial charge < -0.3 is 10.3 Å². The van der Waals surface area contributed by atoms with Crippen molar-refractivity contribution in [1.82, 2.24) is 15.1 Å². The zero-order chi connectivity index (χ0) is 14.1. The Hall–Kier alpha value is -1.92. The predicted molar refractivity (Wildman–Crippen MR) is 78.8 cm³/mol. The topological polar surface area (TPSA) is 77.8 Å². The highest BCUT2D eigenvalue weighted by atomic mass is 35.5. The average molecular weight is 307 g/mol. The summed E-state index contributed by atoms with van der Waals surface area (Å²) in [7, 11) is 0. The van der Waals surface area contributed by atoms with Crippen LogP contribution in [0.4, 0.5) is 5.69 Å². The van der Waals surface area contributed by atoms with E-state index in [9.17, 15) is 0 Å². The van der Waals surface area contributed by atoms with Gasteiger partial charge in [0.25, 0.3) is 5.89 Å². The molecule has 2 heterocycles. The van der Waals surface area contributed by atoms with Crippen LogP contribution in [0.3, 0.4) is 0 Å². The highest BCUT2D eigenvalue weighted by molar-refractivity contribution is 7.09. The second kappa shape index (κ2) is 5.22. The number of aromatic nitrogens is 3. The van der Waals surface area contributed by atoms with Crippen molar-refractivity contribution in [3.05, 3.63) is 45.1 Å². The van der Waals surface area contributed by atoms with Gasteiger partial charge in [0.05, 0.1) is 6.42 Å². The summed E-state index contributed by atoms with van der Waals surface area (Å²) in [5.74, 6) is 0.996. The van der Waals surface area contributed by atoms with Gasteiger partial charge in [0, 0.05) is 27.3 Å². The molecular formula is C13H11ClN4OS. The number of benzene rings is 1. The van der Waals surface area contributed by atoms with Gasteiger partial charge in [-0.3, -0.25) is 0 Å². The summed E-state index contributed by atoms with van der Waals surface area (Å²) in [6, 6.07) is 5.15. The molecule has 2 N–H and O–H groups in total. The monoisotopic (exact) mass is 306 g/mol. The van der Waals surface area contributed by atoms with Crippen molar-refractivity contribution >= 4 is 28.6 Å². The highest BCUT2D eigenvalue weighted by Gasteiger charge is 2.12. The minimum Gasteiger partial charge on any atom is -0.399 e. The van der Waals surface area contributed by atoms with E-state index in [1.807, 2.05) is 12.3 Å². The van der Waals surface area contributed by atoms with Crippen molar-refractivity contribution in [1.29, 1.82) is 0 Å². The zero-order valence-corrected chi connectivity index (χ0v) is 12.2. The van der Waals surface area contributed by atoms with E-state index >= 15 is 0 Å². The van der Waals surface area contributed by atoms with Gasteiger partial charge in [0.1, 0.15) is 5.01 Å². The van der Waals surface area contributed by atoms with Crippen molar-refractivity contribution in [2.45, 2.75) is 13.3 Å². The molecule has 20 heavy (non-hydrogen) atoms. The van der Waals surface area contributed by atoms with Gasteiger partial charge in [-0.2, -0.15) is 4.98 Å². The first-order valence-corrected chi connectivity index (χ1v) is 7.16. The summed E-state index contributed by atoms with van der Waals surface area (Å²) in [6.45, 7) is 1.95. The van der Waals surface area contributed by atoms with Crippen LogP contribution >= 0.6 is 22.9 Å². The molecule has 5 nitrogen and oxygen atoms in total. The lowest BCUT2D eigenvalue weighted by Gasteiger charge is -1.98. The summed E-state index contributed by atoms with van der Waals surface area (Å²) in [6.07, 6.45) is 0.554. The summed E-state index contributed by atoms with van der Waals surface area (Å²) < 4.78 is 5.24. The molecule has 0 aliphatic carbocycles. The minimum absolute atomic E-state index is 0.405. The summed E-state index contributed by atoms with van der Waals surface area (Å²) in [4.78, 5) is 8.71. The van der Waals surface area contributed by atoms with Gasteiger partial charge >= 0.3 is 0 Å². The molecule has 0 aliphatic rings. The molecule has 102 valence electrons. The molecule has 0 unspecified atom stereocenters. The lowest BCUT2D eigenvalue weighted by molar-refractivity contribution is 0.424. The number of aryl methyl sites for hydroxylation is 1. The SMILES string of the molecule is Cc1csc(Cc2noc(-c3cc(N)cc(Cl)c3)n2)n1. The number of nitrogen functional groups attached to an aromatic ring is 1. The fourth-order valence-electron chi connectivity index (χ4n) is 1.80. The van der Waals surface area contributed by atoms with Crippen molar-refractivity contribution in [2.75, 3.05) is 5.73 Å². The van der Waals surface area contributed by atoms with Gasteiger partial charge in [0.15, 0.2) is 5.82 Å². The fraction of sp³-hybridized carbons (Fsp3) is 0.154. The van der Waals surface area contributed by atoms with Crippen molar-refractivity contribution in [3.8, 4) is 11.5 Å². The molecule has 3 aromatic rings. The van der Waals surface area contributed by atoms with Gasteiger partial charge in [-0.15, -0.1) is 11.3 Å². The maximum absolute atomic E-state index is 5.96. The van der Waals surface area contributed by atoms with E-state index < -0.39 is 0 Å². The van der Waals surface area contributed by atoms with Crippen LogP contribution < -0.4 is 5.73 Å². The van der Waals surface area contributed by atoms with Crippen LogP contribution in [0.25, 0.3) is 11.5 Å². The number of halogens is 1. The molecule has 3 rings (SSSR count). The molecule has 1 aromatic carbocycles. The van der Waals surface area contributed by atoms with E-state index in [1.54, 1.807) is 29.5 Å². The Bertz CT molecular complexity index is 732. The van der Waals surface area contributed by atoms with Crippen LogP contribution in [-0.2, 0) is 6.42 Å². The smallest absolute Gasteiger partial charge is 0.258 e. The van der Waals surface area contributed by atoms with Gasteiger partial charge in [-0.25, -0.2) is 4.98 Å². The molecule has 0 radical (unpaired) electrons. The molecule has 0 fully saturated rings. The molecule has 0 saturated carbocycles. The average Bonchev–Trinajstić information content (AvgIpc) is 2.98. The van der Waals surface area contributed by atoms with E-state index in [0.717, 1.165) is 10.7 Å². The molecule has 0 amide bonds. The zero-order valence-electron chi connectivity index (χ0n) is 10.6. The van der Waals surface area contributed by atoms with E-state index in [4.69, 9.17) is 21.9 Å². The number of rotatable bonds is 3. The maximum atomic E-state index is 5.96. The number of anilines is 1. The molecular weight excluding hydrogens is 296 g/mol. The molecule has 7 heteroatoms. The Balaban J connectivity index is 1.86. The molecule has 0 aliphatic heterocycles. The molecule has 0 saturated heterocycles. The first-order chi connectivity index (χ1) is 9.60. The second-order valence-electron chi connectivity index (χ2n) is 4.35. The van der Waals surface area contributed by atoms with Crippen molar-refractivity contribution in [3.63, 3.8) is 0 Å². The first kappa shape index (κ1) is 13.1. The first-order valence-electron chi connectivity index (χ1n) is 5.90. The van der Waals surface area contributed by atoms with E-state index in [-0.39, 0.29) is 0 Å². The third kappa shape index (κ3) is 2.81. The number of nitrogens with two attached hydrogens (primary N) is 1. The number of hydrogen-bond acceptors (Lipinski definition) is 6. The lowest BCUT2D eigenvalue weighted by Crippen LogP contribution is -1.90. The van der Waals surface area contributed by atoms with E-state index in [1.165, 1.54) is 0 Å². The minimum atomic E-state index is 0.405. The quantitative estimate of drug-likeness (QED) is 0.751. The highest BCUT2D eigenvalue weighted by Crippen LogP contribution is 2.25. The number of thiazole rings is 1. The largest absolute Gasteiger partial charge is 0.399 e. The van der Waals surface area contributed by atoms with Crippen LogP contribution in [-0.4, -0.2) is 15.1 Å². The Labute approximate surface area is 124 Å². The lowest BCUT2D eigenvalue weighted by atomic mass is 10.2. The van der Waals surface area contributed by atoms with Gasteiger partial charge in [0.2, 0.25) is 0 Å². The fourth-order valence-corrected chi connectivity index (χ4v) is 2.81. The summed E-state index contributed by atoms with van der Waals surface area (Å²) in [5, 5.41) is 7.44. The Morgan fingerprint density at radius 1 is 1.30 bits per heavy atom. The van der Waals surface area contributed by atoms with E-state index in [0.29, 0.717) is 34.4 Å². The molecule has 0 bridgehead atoms. The molecule has 0 spiro atoms. The summed E-state index contributed by atoms with van der Waals surface area (Å²) in [5.41, 5.74) is 8.01. The summed E-state index contributed by atoms with van der Waals surface area (Å²) >= 11 is 7.54. The Morgan fingerprint density at radius 2 is 2.15 bits per heavy atom. The van der Waals surface area contributed by atoms with Crippen LogP contribution in [0, 0.1) is 6.92 Å².